The lowest BCUT2D eigenvalue weighted by Gasteiger charge is -2.02. The minimum atomic E-state index is -1.18. The Morgan fingerprint density at radius 2 is 1.79 bits per heavy atom. The van der Waals surface area contributed by atoms with Gasteiger partial charge in [-0.05, 0) is 35.2 Å². The first-order valence-corrected chi connectivity index (χ1v) is 5.72. The van der Waals surface area contributed by atoms with Gasteiger partial charge in [-0.2, -0.15) is 0 Å². The molecule has 0 heterocycles. The summed E-state index contributed by atoms with van der Waals surface area (Å²) in [6, 6.07) is 12.2. The van der Waals surface area contributed by atoms with E-state index < -0.39 is 5.97 Å². The Kier molecular flexibility index (Phi) is 3.77. The quantitative estimate of drug-likeness (QED) is 0.523. The molecule has 1 N–H and O–H groups in total. The van der Waals surface area contributed by atoms with Gasteiger partial charge in [0, 0.05) is 16.2 Å². The first kappa shape index (κ1) is 13.0. The van der Waals surface area contributed by atoms with E-state index in [1.807, 2.05) is 0 Å². The zero-order chi connectivity index (χ0) is 13.8. The van der Waals surface area contributed by atoms with Crippen LogP contribution in [0.25, 0.3) is 0 Å². The van der Waals surface area contributed by atoms with Crippen LogP contribution in [0.15, 0.2) is 53.6 Å². The smallest absolute Gasteiger partial charge is 0.342 e. The Bertz CT molecular complexity index is 639. The third kappa shape index (κ3) is 3.08. The molecule has 0 aliphatic carbocycles. The van der Waals surface area contributed by atoms with E-state index in [2.05, 4.69) is 5.11 Å². The molecule has 0 amide bonds. The highest BCUT2D eigenvalue weighted by Crippen LogP contribution is 2.22. The lowest BCUT2D eigenvalue weighted by Crippen LogP contribution is -2.02. The number of aromatic carboxylic acids is 1. The summed E-state index contributed by atoms with van der Waals surface area (Å²) in [5, 5.41) is 25.2. The monoisotopic (exact) mass is 276 g/mol. The summed E-state index contributed by atoms with van der Waals surface area (Å²) in [6.07, 6.45) is 0. The number of azo groups is 1. The molecule has 0 fully saturated rings. The van der Waals surface area contributed by atoms with Gasteiger partial charge in [-0.25, -0.2) is 4.79 Å². The SMILES string of the molecule is O=C(O)c1ccccc1[N+]([O-])=Nc1ccc(Cl)cc1. The van der Waals surface area contributed by atoms with Gasteiger partial charge < -0.3 is 10.3 Å². The standard InChI is InChI=1S/C13H9ClN2O3/c14-9-5-7-10(8-6-9)15-16(19)12-4-2-1-3-11(12)13(17)18/h1-8H,(H,17,18). The van der Waals surface area contributed by atoms with Gasteiger partial charge in [-0.1, -0.05) is 23.7 Å². The fourth-order valence-corrected chi connectivity index (χ4v) is 1.61. The molecule has 0 aliphatic heterocycles. The van der Waals surface area contributed by atoms with Crippen molar-refractivity contribution in [3.8, 4) is 0 Å². The van der Waals surface area contributed by atoms with E-state index in [4.69, 9.17) is 16.7 Å². The summed E-state index contributed by atoms with van der Waals surface area (Å²) in [7, 11) is 0. The maximum absolute atomic E-state index is 11.9. The van der Waals surface area contributed by atoms with E-state index in [0.717, 1.165) is 0 Å². The Balaban J connectivity index is 2.41. The van der Waals surface area contributed by atoms with Crippen molar-refractivity contribution in [2.24, 2.45) is 5.11 Å². The molecule has 19 heavy (non-hydrogen) atoms. The van der Waals surface area contributed by atoms with Gasteiger partial charge in [-0.3, -0.25) is 0 Å². The molecule has 0 aromatic heterocycles. The Labute approximate surface area is 114 Å². The predicted molar refractivity (Wildman–Crippen MR) is 70.2 cm³/mol. The van der Waals surface area contributed by atoms with Crippen molar-refractivity contribution in [2.75, 3.05) is 0 Å². The molecule has 0 atom stereocenters. The summed E-state index contributed by atoms with van der Waals surface area (Å²) in [5.41, 5.74) is 0.264. The number of carbonyl (C=O) groups is 1. The van der Waals surface area contributed by atoms with E-state index in [-0.39, 0.29) is 16.1 Å². The lowest BCUT2D eigenvalue weighted by atomic mass is 10.2. The minimum absolute atomic E-state index is 0.0232. The summed E-state index contributed by atoms with van der Waals surface area (Å²) in [5.74, 6) is -1.18. The molecule has 0 saturated carbocycles. The van der Waals surface area contributed by atoms with Crippen LogP contribution >= 0.6 is 11.6 Å². The van der Waals surface area contributed by atoms with E-state index >= 15 is 0 Å². The van der Waals surface area contributed by atoms with Gasteiger partial charge in [0.05, 0.1) is 0 Å². The number of hydrogen-bond donors (Lipinski definition) is 1. The van der Waals surface area contributed by atoms with Crippen LogP contribution in [-0.4, -0.2) is 15.9 Å². The van der Waals surface area contributed by atoms with Crippen LogP contribution in [-0.2, 0) is 0 Å². The third-order valence-corrected chi connectivity index (χ3v) is 2.63. The van der Waals surface area contributed by atoms with Crippen molar-refractivity contribution in [1.29, 1.82) is 0 Å². The van der Waals surface area contributed by atoms with E-state index in [0.29, 0.717) is 10.7 Å². The number of para-hydroxylation sites is 1. The summed E-state index contributed by atoms with van der Waals surface area (Å²) in [6.45, 7) is 0. The number of benzene rings is 2. The largest absolute Gasteiger partial charge is 0.594 e. The second kappa shape index (κ2) is 5.49. The Morgan fingerprint density at radius 1 is 1.16 bits per heavy atom. The van der Waals surface area contributed by atoms with E-state index in [1.54, 1.807) is 36.4 Å². The molecule has 96 valence electrons. The zero-order valence-corrected chi connectivity index (χ0v) is 10.4. The first-order valence-electron chi connectivity index (χ1n) is 5.35. The molecule has 2 rings (SSSR count). The van der Waals surface area contributed by atoms with Gasteiger partial charge >= 0.3 is 5.97 Å². The average molecular weight is 277 g/mol. The van der Waals surface area contributed by atoms with Crippen molar-refractivity contribution in [1.82, 2.24) is 0 Å². The van der Waals surface area contributed by atoms with Crippen LogP contribution in [0.1, 0.15) is 10.4 Å². The first-order chi connectivity index (χ1) is 9.08. The molecule has 0 saturated heterocycles. The maximum Gasteiger partial charge on any atom is 0.342 e. The van der Waals surface area contributed by atoms with Gasteiger partial charge in [0.25, 0.3) is 5.69 Å². The van der Waals surface area contributed by atoms with Crippen molar-refractivity contribution in [3.63, 3.8) is 0 Å². The number of nitrogens with zero attached hydrogens (tertiary/aromatic N) is 2. The van der Waals surface area contributed by atoms with Crippen LogP contribution in [0, 0.1) is 5.21 Å². The van der Waals surface area contributed by atoms with E-state index in [9.17, 15) is 10.0 Å². The highest BCUT2D eigenvalue weighted by atomic mass is 35.5. The summed E-state index contributed by atoms with van der Waals surface area (Å²) < 4.78 is 0. The van der Waals surface area contributed by atoms with Crippen LogP contribution < -0.4 is 0 Å². The number of carboxylic acids is 1. The molecule has 0 radical (unpaired) electrons. The number of rotatable bonds is 3. The molecule has 0 spiro atoms. The second-order valence-electron chi connectivity index (χ2n) is 3.67. The van der Waals surface area contributed by atoms with Crippen molar-refractivity contribution >= 4 is 28.9 Å². The van der Waals surface area contributed by atoms with Crippen molar-refractivity contribution in [3.05, 3.63) is 64.3 Å². The number of carboxylic acid groups (broad SMARTS) is 1. The lowest BCUT2D eigenvalue weighted by molar-refractivity contribution is -0.435. The fourth-order valence-electron chi connectivity index (χ4n) is 1.49. The Morgan fingerprint density at radius 3 is 2.42 bits per heavy atom. The molecule has 2 aromatic rings. The fraction of sp³-hybridized carbons (Fsp3) is 0. The highest BCUT2D eigenvalue weighted by molar-refractivity contribution is 6.30. The average Bonchev–Trinajstić information content (AvgIpc) is 2.41. The van der Waals surface area contributed by atoms with Gasteiger partial charge in [0.2, 0.25) is 0 Å². The molecule has 0 unspecified atom stereocenters. The summed E-state index contributed by atoms with van der Waals surface area (Å²) >= 11 is 5.72. The molecular weight excluding hydrogens is 268 g/mol. The summed E-state index contributed by atoms with van der Waals surface area (Å²) in [4.78, 5) is 11.3. The molecule has 2 aromatic carbocycles. The van der Waals surface area contributed by atoms with Crippen LogP contribution in [0.5, 0.6) is 0 Å². The van der Waals surface area contributed by atoms with Crippen molar-refractivity contribution in [2.45, 2.75) is 0 Å². The van der Waals surface area contributed by atoms with Gasteiger partial charge in [-0.15, -0.1) is 0 Å². The number of hydrogen-bond acceptors (Lipinski definition) is 3. The molecular formula is C13H9ClN2O3. The molecule has 6 heteroatoms. The van der Waals surface area contributed by atoms with Gasteiger partial charge in [0.15, 0.2) is 0 Å². The molecule has 5 nitrogen and oxygen atoms in total. The van der Waals surface area contributed by atoms with Crippen LogP contribution in [0.4, 0.5) is 11.4 Å². The van der Waals surface area contributed by atoms with Gasteiger partial charge in [0.1, 0.15) is 11.3 Å². The normalized spacial score (nSPS) is 11.3. The molecule has 0 bridgehead atoms. The molecule has 0 aliphatic rings. The van der Waals surface area contributed by atoms with E-state index in [1.165, 1.54) is 12.1 Å². The maximum atomic E-state index is 11.9. The third-order valence-electron chi connectivity index (χ3n) is 2.37. The minimum Gasteiger partial charge on any atom is -0.594 e. The van der Waals surface area contributed by atoms with Crippen LogP contribution in [0.3, 0.4) is 0 Å². The zero-order valence-electron chi connectivity index (χ0n) is 9.65. The van der Waals surface area contributed by atoms with Crippen LogP contribution in [0.2, 0.25) is 5.02 Å². The second-order valence-corrected chi connectivity index (χ2v) is 4.11. The highest BCUT2D eigenvalue weighted by Gasteiger charge is 2.16. The topological polar surface area (TPSA) is 75.7 Å². The predicted octanol–water partition coefficient (Wildman–Crippen LogP) is 3.96. The van der Waals surface area contributed by atoms with Crippen molar-refractivity contribution < 1.29 is 14.8 Å². The number of halogens is 1. The Hall–Kier alpha value is -2.40.